The van der Waals surface area contributed by atoms with Crippen molar-refractivity contribution in [1.82, 2.24) is 20.2 Å². The van der Waals surface area contributed by atoms with Crippen molar-refractivity contribution in [2.75, 3.05) is 0 Å². The molecule has 0 radical (unpaired) electrons. The molecule has 0 spiro atoms. The number of hydrogen-bond acceptors (Lipinski definition) is 6. The molecule has 2 rings (SSSR count). The van der Waals surface area contributed by atoms with Gasteiger partial charge in [0.05, 0.1) is 17.2 Å². The molecule has 0 aromatic carbocycles. The first kappa shape index (κ1) is 15.5. The van der Waals surface area contributed by atoms with Gasteiger partial charge in [0.1, 0.15) is 6.26 Å². The van der Waals surface area contributed by atoms with Crippen LogP contribution in [0.1, 0.15) is 23.9 Å². The van der Waals surface area contributed by atoms with E-state index in [1.807, 2.05) is 0 Å². The van der Waals surface area contributed by atoms with E-state index in [-0.39, 0.29) is 5.69 Å². The van der Waals surface area contributed by atoms with Gasteiger partial charge in [-0.05, 0) is 6.92 Å². The van der Waals surface area contributed by atoms with E-state index < -0.39 is 38.8 Å². The fourth-order valence-electron chi connectivity index (χ4n) is 1.67. The minimum Gasteiger partial charge on any atom is -0.364 e. The maximum Gasteiger partial charge on any atom is 0.437 e. The largest absolute Gasteiger partial charge is 0.437 e. The van der Waals surface area contributed by atoms with Crippen LogP contribution in [0.3, 0.4) is 0 Å². The number of aryl methyl sites for hydroxylation is 1. The Morgan fingerprint density at radius 1 is 1.33 bits per heavy atom. The Balaban J connectivity index is 2.16. The van der Waals surface area contributed by atoms with Gasteiger partial charge in [-0.25, -0.2) is 8.42 Å². The topological polar surface area (TPSA) is 90.9 Å². The maximum atomic E-state index is 12.6. The second kappa shape index (κ2) is 5.47. The summed E-state index contributed by atoms with van der Waals surface area (Å²) in [7, 11) is -3.85. The van der Waals surface area contributed by atoms with E-state index >= 15 is 0 Å². The highest BCUT2D eigenvalue weighted by Gasteiger charge is 2.38. The lowest BCUT2D eigenvalue weighted by atomic mass is 10.3. The standard InChI is InChI=1S/C10H11F3N4O3S/c1-2-17-3-8(14-16-17)6-21(18,19)5-7-4-20-15-9(7)10(11,12)13/h3-4H,2,5-6H2,1H3. The average molecular weight is 324 g/mol. The molecule has 21 heavy (non-hydrogen) atoms. The van der Waals surface area contributed by atoms with E-state index in [4.69, 9.17) is 0 Å². The van der Waals surface area contributed by atoms with Crippen LogP contribution in [-0.2, 0) is 34.1 Å². The van der Waals surface area contributed by atoms with E-state index in [2.05, 4.69) is 20.0 Å². The van der Waals surface area contributed by atoms with Gasteiger partial charge in [-0.1, -0.05) is 10.4 Å². The molecule has 0 aliphatic carbocycles. The van der Waals surface area contributed by atoms with Crippen LogP contribution in [0.15, 0.2) is 17.0 Å². The van der Waals surface area contributed by atoms with Gasteiger partial charge in [0.15, 0.2) is 15.5 Å². The molecule has 2 aromatic heterocycles. The molecule has 2 heterocycles. The van der Waals surface area contributed by atoms with Crippen molar-refractivity contribution in [2.24, 2.45) is 0 Å². The first-order valence-electron chi connectivity index (χ1n) is 5.81. The molecule has 0 saturated carbocycles. The normalized spacial score (nSPS) is 12.8. The van der Waals surface area contributed by atoms with Crippen molar-refractivity contribution in [2.45, 2.75) is 31.2 Å². The molecule has 7 nitrogen and oxygen atoms in total. The summed E-state index contributed by atoms with van der Waals surface area (Å²) < 4.78 is 67.3. The fourth-order valence-corrected chi connectivity index (χ4v) is 3.03. The maximum absolute atomic E-state index is 12.6. The lowest BCUT2D eigenvalue weighted by Gasteiger charge is -2.05. The second-order valence-corrected chi connectivity index (χ2v) is 6.35. The average Bonchev–Trinajstić information content (AvgIpc) is 2.95. The summed E-state index contributed by atoms with van der Waals surface area (Å²) in [5, 5.41) is 10.1. The second-order valence-electron chi connectivity index (χ2n) is 4.28. The number of alkyl halides is 3. The molecular weight excluding hydrogens is 313 g/mol. The molecule has 0 amide bonds. The summed E-state index contributed by atoms with van der Waals surface area (Å²) in [6.07, 6.45) is -2.65. The molecule has 0 atom stereocenters. The fraction of sp³-hybridized carbons (Fsp3) is 0.500. The Kier molecular flexibility index (Phi) is 4.03. The van der Waals surface area contributed by atoms with Gasteiger partial charge >= 0.3 is 6.18 Å². The van der Waals surface area contributed by atoms with Crippen LogP contribution in [0.2, 0.25) is 0 Å². The quantitative estimate of drug-likeness (QED) is 0.826. The highest BCUT2D eigenvalue weighted by Crippen LogP contribution is 2.31. The Bertz CT molecular complexity index is 720. The molecule has 0 bridgehead atoms. The first-order chi connectivity index (χ1) is 9.71. The predicted octanol–water partition coefficient (Wildman–Crippen LogP) is 1.42. The number of halogens is 3. The molecule has 0 aliphatic rings. The third-order valence-corrected chi connectivity index (χ3v) is 4.05. The van der Waals surface area contributed by atoms with Gasteiger partial charge in [-0.3, -0.25) is 4.68 Å². The molecule has 0 fully saturated rings. The summed E-state index contributed by atoms with van der Waals surface area (Å²) in [4.78, 5) is 0. The summed E-state index contributed by atoms with van der Waals surface area (Å²) in [6.45, 7) is 2.30. The smallest absolute Gasteiger partial charge is 0.364 e. The molecular formula is C10H11F3N4O3S. The molecule has 11 heteroatoms. The zero-order valence-electron chi connectivity index (χ0n) is 10.8. The number of aromatic nitrogens is 4. The van der Waals surface area contributed by atoms with Crippen molar-refractivity contribution in [3.63, 3.8) is 0 Å². The third kappa shape index (κ3) is 3.80. The minimum atomic E-state index is -4.76. The summed E-state index contributed by atoms with van der Waals surface area (Å²) in [5.41, 5.74) is -1.68. The highest BCUT2D eigenvalue weighted by atomic mass is 32.2. The van der Waals surface area contributed by atoms with Crippen LogP contribution in [0.25, 0.3) is 0 Å². The van der Waals surface area contributed by atoms with E-state index in [9.17, 15) is 21.6 Å². The lowest BCUT2D eigenvalue weighted by molar-refractivity contribution is -0.143. The monoisotopic (exact) mass is 324 g/mol. The Labute approximate surface area is 117 Å². The molecule has 116 valence electrons. The zero-order chi connectivity index (χ0) is 15.7. The number of hydrogen-bond donors (Lipinski definition) is 0. The molecule has 0 N–H and O–H groups in total. The minimum absolute atomic E-state index is 0.168. The Hall–Kier alpha value is -1.91. The van der Waals surface area contributed by atoms with Crippen molar-refractivity contribution in [3.05, 3.63) is 29.4 Å². The van der Waals surface area contributed by atoms with E-state index in [1.54, 1.807) is 6.92 Å². The molecule has 2 aromatic rings. The van der Waals surface area contributed by atoms with Crippen LogP contribution < -0.4 is 0 Å². The van der Waals surface area contributed by atoms with Crippen LogP contribution in [0, 0.1) is 0 Å². The van der Waals surface area contributed by atoms with E-state index in [1.165, 1.54) is 10.9 Å². The highest BCUT2D eigenvalue weighted by molar-refractivity contribution is 7.89. The zero-order valence-corrected chi connectivity index (χ0v) is 11.6. The van der Waals surface area contributed by atoms with E-state index in [0.717, 1.165) is 0 Å². The third-order valence-electron chi connectivity index (χ3n) is 2.56. The van der Waals surface area contributed by atoms with Gasteiger partial charge < -0.3 is 4.52 Å². The molecule has 0 aliphatic heterocycles. The number of nitrogens with zero attached hydrogens (tertiary/aromatic N) is 4. The van der Waals surface area contributed by atoms with Crippen LogP contribution in [0.4, 0.5) is 13.2 Å². The van der Waals surface area contributed by atoms with Crippen molar-refractivity contribution < 1.29 is 26.1 Å². The SMILES string of the molecule is CCn1cc(CS(=O)(=O)Cc2conc2C(F)(F)F)nn1. The van der Waals surface area contributed by atoms with Crippen LogP contribution >= 0.6 is 0 Å². The van der Waals surface area contributed by atoms with Gasteiger partial charge in [-0.2, -0.15) is 13.2 Å². The van der Waals surface area contributed by atoms with Gasteiger partial charge in [0.25, 0.3) is 0 Å². The van der Waals surface area contributed by atoms with Gasteiger partial charge in [0.2, 0.25) is 0 Å². The Morgan fingerprint density at radius 2 is 2.05 bits per heavy atom. The summed E-state index contributed by atoms with van der Waals surface area (Å²) >= 11 is 0. The van der Waals surface area contributed by atoms with Gasteiger partial charge in [-0.15, -0.1) is 5.10 Å². The molecule has 0 unspecified atom stereocenters. The van der Waals surface area contributed by atoms with Gasteiger partial charge in [0, 0.05) is 18.3 Å². The van der Waals surface area contributed by atoms with Crippen molar-refractivity contribution in [3.8, 4) is 0 Å². The summed E-state index contributed by atoms with van der Waals surface area (Å²) in [6, 6.07) is 0. The lowest BCUT2D eigenvalue weighted by Crippen LogP contribution is -2.13. The predicted molar refractivity (Wildman–Crippen MR) is 63.5 cm³/mol. The number of rotatable bonds is 5. The summed E-state index contributed by atoms with van der Waals surface area (Å²) in [5.74, 6) is -1.33. The van der Waals surface area contributed by atoms with Crippen LogP contribution in [0.5, 0.6) is 0 Å². The molecule has 0 saturated heterocycles. The first-order valence-corrected chi connectivity index (χ1v) is 7.63. The Morgan fingerprint density at radius 3 is 2.62 bits per heavy atom. The van der Waals surface area contributed by atoms with Crippen molar-refractivity contribution in [1.29, 1.82) is 0 Å². The van der Waals surface area contributed by atoms with Crippen molar-refractivity contribution >= 4 is 9.84 Å². The van der Waals surface area contributed by atoms with Crippen LogP contribution in [-0.4, -0.2) is 28.6 Å². The van der Waals surface area contributed by atoms with E-state index in [0.29, 0.717) is 12.8 Å². The number of sulfone groups is 1.